The summed E-state index contributed by atoms with van der Waals surface area (Å²) in [4.78, 5) is 10.9. The zero-order valence-corrected chi connectivity index (χ0v) is 11.6. The number of hydrogen-bond donors (Lipinski definition) is 1. The van der Waals surface area contributed by atoms with E-state index in [1.54, 1.807) is 6.92 Å². The predicted molar refractivity (Wildman–Crippen MR) is 75.6 cm³/mol. The number of allylic oxidation sites excluding steroid dienone is 3. The molecule has 0 aromatic carbocycles. The molecule has 0 amide bonds. The molecule has 0 saturated carbocycles. The van der Waals surface area contributed by atoms with Gasteiger partial charge in [0.2, 0.25) is 0 Å². The van der Waals surface area contributed by atoms with Crippen LogP contribution in [0.2, 0.25) is 0 Å². The van der Waals surface area contributed by atoms with Crippen molar-refractivity contribution in [2.45, 2.75) is 71.1 Å². The van der Waals surface area contributed by atoms with Gasteiger partial charge in [0.05, 0.1) is 0 Å². The van der Waals surface area contributed by atoms with Crippen molar-refractivity contribution < 1.29 is 9.90 Å². The first-order chi connectivity index (χ1) is 8.70. The first-order valence-electron chi connectivity index (χ1n) is 7.31. The summed E-state index contributed by atoms with van der Waals surface area (Å²) in [5.41, 5.74) is 1.67. The molecule has 0 aliphatic heterocycles. The molecule has 0 heterocycles. The molecule has 1 rings (SSSR count). The van der Waals surface area contributed by atoms with E-state index in [1.165, 1.54) is 56.9 Å². The average Bonchev–Trinajstić information content (AvgIpc) is 2.32. The molecule has 2 heteroatoms. The van der Waals surface area contributed by atoms with Crippen LogP contribution in [0.15, 0.2) is 23.3 Å². The van der Waals surface area contributed by atoms with E-state index in [4.69, 9.17) is 5.11 Å². The van der Waals surface area contributed by atoms with Crippen molar-refractivity contribution in [1.82, 2.24) is 0 Å². The van der Waals surface area contributed by atoms with E-state index in [0.717, 1.165) is 12.8 Å². The summed E-state index contributed by atoms with van der Waals surface area (Å²) in [6.45, 7) is 1.68. The topological polar surface area (TPSA) is 37.3 Å². The van der Waals surface area contributed by atoms with Crippen LogP contribution in [-0.2, 0) is 4.79 Å². The quantitative estimate of drug-likeness (QED) is 0.711. The highest BCUT2D eigenvalue weighted by molar-refractivity contribution is 5.86. The highest BCUT2D eigenvalue weighted by Gasteiger charge is 2.03. The summed E-state index contributed by atoms with van der Waals surface area (Å²) < 4.78 is 0. The molecule has 0 radical (unpaired) electrons. The monoisotopic (exact) mass is 250 g/mol. The lowest BCUT2D eigenvalue weighted by Crippen LogP contribution is -1.97. The maximum atomic E-state index is 10.9. The van der Waals surface area contributed by atoms with Gasteiger partial charge in [-0.05, 0) is 38.7 Å². The average molecular weight is 250 g/mol. The second kappa shape index (κ2) is 8.96. The Kier molecular flexibility index (Phi) is 7.47. The lowest BCUT2D eigenvalue weighted by Gasteiger charge is -2.07. The van der Waals surface area contributed by atoms with E-state index in [9.17, 15) is 4.79 Å². The highest BCUT2D eigenvalue weighted by atomic mass is 16.4. The van der Waals surface area contributed by atoms with Gasteiger partial charge in [-0.2, -0.15) is 0 Å². The molecule has 0 atom stereocenters. The second-order valence-corrected chi connectivity index (χ2v) is 5.28. The number of carboxylic acid groups (broad SMARTS) is 1. The van der Waals surface area contributed by atoms with E-state index in [2.05, 4.69) is 6.08 Å². The van der Waals surface area contributed by atoms with Gasteiger partial charge < -0.3 is 5.11 Å². The van der Waals surface area contributed by atoms with Crippen molar-refractivity contribution in [2.24, 2.45) is 0 Å². The number of aliphatic carboxylic acids is 1. The molecule has 0 unspecified atom stereocenters. The number of rotatable bonds is 2. The van der Waals surface area contributed by atoms with Crippen LogP contribution in [0.3, 0.4) is 0 Å². The lowest BCUT2D eigenvalue weighted by atomic mass is 9.99. The molecular weight excluding hydrogens is 224 g/mol. The largest absolute Gasteiger partial charge is 0.478 e. The zero-order valence-electron chi connectivity index (χ0n) is 11.6. The fourth-order valence-electron chi connectivity index (χ4n) is 2.39. The van der Waals surface area contributed by atoms with Crippen molar-refractivity contribution in [3.8, 4) is 0 Å². The Labute approximate surface area is 111 Å². The predicted octanol–water partition coefficient (Wildman–Crippen LogP) is 4.86. The molecule has 0 aromatic rings. The van der Waals surface area contributed by atoms with Gasteiger partial charge in [-0.3, -0.25) is 0 Å². The van der Waals surface area contributed by atoms with Gasteiger partial charge in [0.1, 0.15) is 0 Å². The van der Waals surface area contributed by atoms with Crippen LogP contribution in [0, 0.1) is 0 Å². The van der Waals surface area contributed by atoms with E-state index in [-0.39, 0.29) is 0 Å². The molecule has 0 saturated heterocycles. The fourth-order valence-corrected chi connectivity index (χ4v) is 2.39. The molecule has 1 aliphatic carbocycles. The van der Waals surface area contributed by atoms with Crippen LogP contribution in [-0.4, -0.2) is 11.1 Å². The molecule has 2 nitrogen and oxygen atoms in total. The number of carbonyl (C=O) groups is 1. The molecule has 102 valence electrons. The first kappa shape index (κ1) is 15.0. The Hall–Kier alpha value is -1.05. The third kappa shape index (κ3) is 6.63. The molecular formula is C16H26O2. The third-order valence-electron chi connectivity index (χ3n) is 3.57. The third-order valence-corrected chi connectivity index (χ3v) is 3.57. The highest BCUT2D eigenvalue weighted by Crippen LogP contribution is 2.18. The van der Waals surface area contributed by atoms with Crippen LogP contribution in [0.5, 0.6) is 0 Å². The van der Waals surface area contributed by atoms with Gasteiger partial charge >= 0.3 is 5.97 Å². The number of hydrogen-bond acceptors (Lipinski definition) is 1. The van der Waals surface area contributed by atoms with Crippen molar-refractivity contribution in [1.29, 1.82) is 0 Å². The Morgan fingerprint density at radius 1 is 1.06 bits per heavy atom. The van der Waals surface area contributed by atoms with Gasteiger partial charge in [0.15, 0.2) is 0 Å². The van der Waals surface area contributed by atoms with Crippen LogP contribution in [0.25, 0.3) is 0 Å². The smallest absolute Gasteiger partial charge is 0.331 e. The van der Waals surface area contributed by atoms with E-state index >= 15 is 0 Å². The first-order valence-corrected chi connectivity index (χ1v) is 7.31. The van der Waals surface area contributed by atoms with Crippen LogP contribution >= 0.6 is 0 Å². The summed E-state index contributed by atoms with van der Waals surface area (Å²) >= 11 is 0. The summed E-state index contributed by atoms with van der Waals surface area (Å²) in [6.07, 6.45) is 16.7. The molecule has 0 bridgehead atoms. The van der Waals surface area contributed by atoms with Crippen LogP contribution in [0.1, 0.15) is 71.1 Å². The minimum Gasteiger partial charge on any atom is -0.478 e. The van der Waals surface area contributed by atoms with E-state index in [1.807, 2.05) is 6.08 Å². The summed E-state index contributed by atoms with van der Waals surface area (Å²) in [6, 6.07) is 0. The molecule has 18 heavy (non-hydrogen) atoms. The lowest BCUT2D eigenvalue weighted by molar-refractivity contribution is -0.132. The Morgan fingerprint density at radius 3 is 2.22 bits per heavy atom. The van der Waals surface area contributed by atoms with Gasteiger partial charge in [0.25, 0.3) is 0 Å². The van der Waals surface area contributed by atoms with Gasteiger partial charge in [0, 0.05) is 5.57 Å². The molecule has 0 fully saturated rings. The van der Waals surface area contributed by atoms with Crippen molar-refractivity contribution in [3.63, 3.8) is 0 Å². The maximum absolute atomic E-state index is 10.9. The second-order valence-electron chi connectivity index (χ2n) is 5.28. The van der Waals surface area contributed by atoms with Crippen LogP contribution < -0.4 is 0 Å². The van der Waals surface area contributed by atoms with Crippen molar-refractivity contribution in [3.05, 3.63) is 23.3 Å². The normalized spacial score (nSPS) is 20.5. The summed E-state index contributed by atoms with van der Waals surface area (Å²) in [7, 11) is 0. The Balaban J connectivity index is 2.59. The molecule has 1 aliphatic rings. The summed E-state index contributed by atoms with van der Waals surface area (Å²) in [5, 5.41) is 8.93. The van der Waals surface area contributed by atoms with E-state index in [0.29, 0.717) is 5.57 Å². The minimum atomic E-state index is -0.804. The van der Waals surface area contributed by atoms with Gasteiger partial charge in [-0.25, -0.2) is 4.79 Å². The maximum Gasteiger partial charge on any atom is 0.331 e. The fraction of sp³-hybridized carbons (Fsp3) is 0.688. The SMILES string of the molecule is CC(=CC1=CCCCCCCCCCC1)C(=O)O. The Bertz CT molecular complexity index is 313. The molecule has 0 aromatic heterocycles. The van der Waals surface area contributed by atoms with E-state index < -0.39 is 5.97 Å². The van der Waals surface area contributed by atoms with Gasteiger partial charge in [-0.15, -0.1) is 0 Å². The Morgan fingerprint density at radius 2 is 1.61 bits per heavy atom. The zero-order chi connectivity index (χ0) is 13.2. The van der Waals surface area contributed by atoms with Crippen LogP contribution in [0.4, 0.5) is 0 Å². The standard InChI is InChI=1S/C16H26O2/c1-14(16(17)18)13-15-11-9-7-5-3-2-4-6-8-10-12-15/h11,13H,2-10,12H2,1H3,(H,17,18). The minimum absolute atomic E-state index is 0.452. The number of carboxylic acids is 1. The van der Waals surface area contributed by atoms with Gasteiger partial charge in [-0.1, -0.05) is 50.2 Å². The van der Waals surface area contributed by atoms with Crippen molar-refractivity contribution in [2.75, 3.05) is 0 Å². The summed E-state index contributed by atoms with van der Waals surface area (Å²) in [5.74, 6) is -0.804. The molecule has 0 spiro atoms. The molecule has 1 N–H and O–H groups in total. The van der Waals surface area contributed by atoms with Crippen molar-refractivity contribution >= 4 is 5.97 Å².